The van der Waals surface area contributed by atoms with Gasteiger partial charge in [0.05, 0.1) is 12.3 Å². The number of piperidine rings is 1. The Bertz CT molecular complexity index is 550. The summed E-state index contributed by atoms with van der Waals surface area (Å²) in [5.74, 6) is 0.758. The lowest BCUT2D eigenvalue weighted by Crippen LogP contribution is -2.47. The maximum atomic E-state index is 12.6. The van der Waals surface area contributed by atoms with Crippen LogP contribution in [0.3, 0.4) is 0 Å². The van der Waals surface area contributed by atoms with E-state index in [4.69, 9.17) is 4.74 Å². The third-order valence-electron chi connectivity index (χ3n) is 4.92. The molecule has 2 amide bonds. The Labute approximate surface area is 152 Å². The van der Waals surface area contributed by atoms with Crippen LogP contribution in [-0.2, 0) is 0 Å². The molecule has 0 bridgehead atoms. The fourth-order valence-corrected chi connectivity index (χ4v) is 3.43. The number of carbonyl (C=O) groups is 1. The number of amides is 2. The van der Waals surface area contributed by atoms with E-state index < -0.39 is 0 Å². The second kappa shape index (κ2) is 9.66. The van der Waals surface area contributed by atoms with Gasteiger partial charge in [0, 0.05) is 19.1 Å². The molecule has 5 nitrogen and oxygen atoms in total. The summed E-state index contributed by atoms with van der Waals surface area (Å²) in [4.78, 5) is 17.1. The Balaban J connectivity index is 1.94. The number of nitrogens with zero attached hydrogens (tertiary/aromatic N) is 2. The number of aryl methyl sites for hydroxylation is 1. The minimum atomic E-state index is -0.0248. The van der Waals surface area contributed by atoms with Crippen LogP contribution in [0.4, 0.5) is 10.5 Å². The Hall–Kier alpha value is -1.75. The van der Waals surface area contributed by atoms with Gasteiger partial charge in [-0.1, -0.05) is 26.8 Å². The van der Waals surface area contributed by atoms with Gasteiger partial charge < -0.3 is 19.9 Å². The zero-order chi connectivity index (χ0) is 18.2. The second-order valence-electron chi connectivity index (χ2n) is 6.72. The normalized spacial score (nSPS) is 15.5. The van der Waals surface area contributed by atoms with Crippen molar-refractivity contribution in [3.8, 4) is 5.75 Å². The molecule has 1 aromatic carbocycles. The minimum Gasteiger partial charge on any atom is -0.491 e. The van der Waals surface area contributed by atoms with E-state index in [1.54, 1.807) is 0 Å². The molecule has 0 aliphatic carbocycles. The number of nitrogens with one attached hydrogen (secondary N) is 1. The topological polar surface area (TPSA) is 44.8 Å². The maximum absolute atomic E-state index is 12.6. The van der Waals surface area contributed by atoms with E-state index in [0.717, 1.165) is 62.4 Å². The smallest absolute Gasteiger partial charge is 0.321 e. The van der Waals surface area contributed by atoms with Crippen molar-refractivity contribution in [2.24, 2.45) is 0 Å². The van der Waals surface area contributed by atoms with Crippen LogP contribution in [0, 0.1) is 6.92 Å². The van der Waals surface area contributed by atoms with E-state index in [9.17, 15) is 4.79 Å². The van der Waals surface area contributed by atoms with Crippen LogP contribution in [0.25, 0.3) is 0 Å². The van der Waals surface area contributed by atoms with Crippen molar-refractivity contribution >= 4 is 11.7 Å². The van der Waals surface area contributed by atoms with Crippen molar-refractivity contribution < 1.29 is 9.53 Å². The molecule has 25 heavy (non-hydrogen) atoms. The zero-order valence-electron chi connectivity index (χ0n) is 16.2. The van der Waals surface area contributed by atoms with Crippen LogP contribution in [0.15, 0.2) is 18.2 Å². The fraction of sp³-hybridized carbons (Fsp3) is 0.650. The summed E-state index contributed by atoms with van der Waals surface area (Å²) in [6.07, 6.45) is 3.03. The first-order valence-corrected chi connectivity index (χ1v) is 9.62. The van der Waals surface area contributed by atoms with Gasteiger partial charge in [-0.15, -0.1) is 0 Å². The molecule has 5 heteroatoms. The van der Waals surface area contributed by atoms with Crippen molar-refractivity contribution in [2.75, 3.05) is 38.1 Å². The van der Waals surface area contributed by atoms with E-state index in [0.29, 0.717) is 12.6 Å². The number of hydrogen-bond acceptors (Lipinski definition) is 3. The number of urea groups is 1. The number of likely N-dealkylation sites (tertiary alicyclic amines) is 1. The molecule has 0 unspecified atom stereocenters. The quantitative estimate of drug-likeness (QED) is 0.807. The molecular formula is C20H33N3O2. The zero-order valence-corrected chi connectivity index (χ0v) is 16.2. The molecule has 1 aliphatic heterocycles. The molecule has 1 saturated heterocycles. The molecule has 0 radical (unpaired) electrons. The number of carbonyl (C=O) groups excluding carboxylic acids is 1. The lowest BCUT2D eigenvalue weighted by Gasteiger charge is -2.37. The highest BCUT2D eigenvalue weighted by molar-refractivity contribution is 5.91. The molecule has 0 aromatic heterocycles. The Morgan fingerprint density at radius 1 is 1.24 bits per heavy atom. The van der Waals surface area contributed by atoms with Gasteiger partial charge in [0.25, 0.3) is 0 Å². The first-order valence-electron chi connectivity index (χ1n) is 9.62. The number of benzene rings is 1. The van der Waals surface area contributed by atoms with Gasteiger partial charge in [0.15, 0.2) is 0 Å². The summed E-state index contributed by atoms with van der Waals surface area (Å²) in [6, 6.07) is 6.49. The molecule has 140 valence electrons. The van der Waals surface area contributed by atoms with E-state index in [1.165, 1.54) is 0 Å². The van der Waals surface area contributed by atoms with Crippen LogP contribution < -0.4 is 10.1 Å². The number of ether oxygens (including phenoxy) is 1. The van der Waals surface area contributed by atoms with Gasteiger partial charge in [-0.3, -0.25) is 0 Å². The summed E-state index contributed by atoms with van der Waals surface area (Å²) < 4.78 is 5.79. The largest absolute Gasteiger partial charge is 0.491 e. The summed E-state index contributed by atoms with van der Waals surface area (Å²) >= 11 is 0. The predicted octanol–water partition coefficient (Wildman–Crippen LogP) is 4.12. The van der Waals surface area contributed by atoms with Gasteiger partial charge >= 0.3 is 6.03 Å². The molecule has 1 aromatic rings. The summed E-state index contributed by atoms with van der Waals surface area (Å²) in [5.41, 5.74) is 1.89. The fourth-order valence-electron chi connectivity index (χ4n) is 3.43. The van der Waals surface area contributed by atoms with Crippen LogP contribution in [0.2, 0.25) is 0 Å². The lowest BCUT2D eigenvalue weighted by molar-refractivity contribution is 0.130. The molecular weight excluding hydrogens is 314 g/mol. The first-order chi connectivity index (χ1) is 12.1. The highest BCUT2D eigenvalue weighted by Crippen LogP contribution is 2.27. The van der Waals surface area contributed by atoms with E-state index in [-0.39, 0.29) is 6.03 Å². The Morgan fingerprint density at radius 3 is 2.52 bits per heavy atom. The summed E-state index contributed by atoms with van der Waals surface area (Å²) in [6.45, 7) is 12.9. The Kier molecular flexibility index (Phi) is 7.56. The lowest BCUT2D eigenvalue weighted by atomic mass is 10.0. The van der Waals surface area contributed by atoms with Gasteiger partial charge in [-0.25, -0.2) is 4.79 Å². The van der Waals surface area contributed by atoms with E-state index in [1.807, 2.05) is 30.0 Å². The van der Waals surface area contributed by atoms with Gasteiger partial charge in [-0.2, -0.15) is 0 Å². The molecule has 1 fully saturated rings. The van der Waals surface area contributed by atoms with Crippen molar-refractivity contribution in [1.82, 2.24) is 9.80 Å². The molecule has 1 heterocycles. The van der Waals surface area contributed by atoms with Crippen molar-refractivity contribution in [3.05, 3.63) is 23.8 Å². The first kappa shape index (κ1) is 19.6. The second-order valence-corrected chi connectivity index (χ2v) is 6.72. The van der Waals surface area contributed by atoms with Gasteiger partial charge in [0.2, 0.25) is 0 Å². The Morgan fingerprint density at radius 2 is 1.92 bits per heavy atom. The van der Waals surface area contributed by atoms with Crippen LogP contribution in [0.1, 0.15) is 45.6 Å². The molecule has 1 aliphatic rings. The molecule has 1 N–H and O–H groups in total. The minimum absolute atomic E-state index is 0.0248. The average Bonchev–Trinajstić information content (AvgIpc) is 2.63. The predicted molar refractivity (Wildman–Crippen MR) is 103 cm³/mol. The van der Waals surface area contributed by atoms with Gasteiger partial charge in [0.1, 0.15) is 5.75 Å². The molecule has 0 spiro atoms. The third kappa shape index (κ3) is 5.36. The SMILES string of the molecule is CCCOc1cc(C)ccc1NC(=O)N1CCC(N(CC)CC)CC1. The maximum Gasteiger partial charge on any atom is 0.321 e. The average molecular weight is 348 g/mol. The summed E-state index contributed by atoms with van der Waals surface area (Å²) in [5, 5.41) is 3.04. The molecule has 0 saturated carbocycles. The highest BCUT2D eigenvalue weighted by atomic mass is 16.5. The standard InChI is InChI=1S/C20H33N3O2/c1-5-14-25-19-15-16(4)8-9-18(19)21-20(24)23-12-10-17(11-13-23)22(6-2)7-3/h8-9,15,17H,5-7,10-14H2,1-4H3,(H,21,24). The number of hydrogen-bond donors (Lipinski definition) is 1. The number of rotatable bonds is 7. The molecule has 2 rings (SSSR count). The van der Waals surface area contributed by atoms with Gasteiger partial charge in [-0.05, 0) is 57.0 Å². The van der Waals surface area contributed by atoms with Crippen LogP contribution in [0.5, 0.6) is 5.75 Å². The van der Waals surface area contributed by atoms with E-state index in [2.05, 4.69) is 31.0 Å². The van der Waals surface area contributed by atoms with Crippen molar-refractivity contribution in [2.45, 2.75) is 53.0 Å². The van der Waals surface area contributed by atoms with Crippen LogP contribution in [-0.4, -0.2) is 54.7 Å². The molecule has 0 atom stereocenters. The summed E-state index contributed by atoms with van der Waals surface area (Å²) in [7, 11) is 0. The third-order valence-corrected chi connectivity index (χ3v) is 4.92. The number of anilines is 1. The van der Waals surface area contributed by atoms with Crippen molar-refractivity contribution in [1.29, 1.82) is 0 Å². The monoisotopic (exact) mass is 347 g/mol. The van der Waals surface area contributed by atoms with E-state index >= 15 is 0 Å². The van der Waals surface area contributed by atoms with Crippen molar-refractivity contribution in [3.63, 3.8) is 0 Å². The van der Waals surface area contributed by atoms with Crippen LogP contribution >= 0.6 is 0 Å². The highest BCUT2D eigenvalue weighted by Gasteiger charge is 2.26.